The van der Waals surface area contributed by atoms with E-state index in [0.29, 0.717) is 0 Å². The molecule has 0 unspecified atom stereocenters. The van der Waals surface area contributed by atoms with Gasteiger partial charge in [-0.3, -0.25) is 4.79 Å². The number of hydrazone groups is 1. The zero-order chi connectivity index (χ0) is 16.7. The van der Waals surface area contributed by atoms with Gasteiger partial charge in [-0.1, -0.05) is 62.4 Å². The average molecular weight is 309 g/mol. The van der Waals surface area contributed by atoms with Gasteiger partial charge in [-0.15, -0.1) is 0 Å². The number of benzene rings is 2. The Morgan fingerprint density at radius 1 is 1.04 bits per heavy atom. The molecule has 0 bridgehead atoms. The number of carbonyl (C=O) groups excluding carboxylic acids is 1. The molecule has 2 aromatic carbocycles. The Labute approximate surface area is 137 Å². The Kier molecular flexibility index (Phi) is 5.92. The second kappa shape index (κ2) is 8.13. The van der Waals surface area contributed by atoms with Gasteiger partial charge < -0.3 is 4.90 Å². The third-order valence-electron chi connectivity index (χ3n) is 3.50. The first-order chi connectivity index (χ1) is 11.1. The van der Waals surface area contributed by atoms with Crippen molar-refractivity contribution < 1.29 is 4.79 Å². The molecule has 0 aliphatic carbocycles. The molecule has 2 rings (SSSR count). The van der Waals surface area contributed by atoms with E-state index >= 15 is 0 Å². The van der Waals surface area contributed by atoms with E-state index in [1.165, 1.54) is 0 Å². The number of likely N-dealkylation sites (N-methyl/N-ethyl adjacent to an activating group) is 1. The van der Waals surface area contributed by atoms with Crippen molar-refractivity contribution in [1.29, 1.82) is 0 Å². The molecule has 4 heteroatoms. The summed E-state index contributed by atoms with van der Waals surface area (Å²) >= 11 is 0. The van der Waals surface area contributed by atoms with Crippen LogP contribution >= 0.6 is 0 Å². The highest BCUT2D eigenvalue weighted by atomic mass is 16.2. The molecular weight excluding hydrogens is 286 g/mol. The lowest BCUT2D eigenvalue weighted by Gasteiger charge is -2.18. The van der Waals surface area contributed by atoms with Crippen molar-refractivity contribution in [2.75, 3.05) is 18.5 Å². The van der Waals surface area contributed by atoms with Crippen LogP contribution in [0.5, 0.6) is 0 Å². The van der Waals surface area contributed by atoms with Gasteiger partial charge >= 0.3 is 0 Å². The topological polar surface area (TPSA) is 44.7 Å². The molecular formula is C19H23N3O. The van der Waals surface area contributed by atoms with Crippen LogP contribution in [-0.4, -0.2) is 25.2 Å². The maximum absolute atomic E-state index is 12.1. The van der Waals surface area contributed by atoms with Crippen LogP contribution in [0.2, 0.25) is 0 Å². The van der Waals surface area contributed by atoms with Gasteiger partial charge in [-0.05, 0) is 23.6 Å². The molecule has 0 aliphatic rings. The van der Waals surface area contributed by atoms with Crippen LogP contribution in [0.15, 0.2) is 65.8 Å². The SMILES string of the molecule is CC(C)/C(=N/NC(=O)CN(C)c1ccccc1)c1ccccc1. The quantitative estimate of drug-likeness (QED) is 0.657. The molecule has 1 amide bonds. The van der Waals surface area contributed by atoms with E-state index in [2.05, 4.69) is 24.4 Å². The minimum Gasteiger partial charge on any atom is -0.365 e. The number of para-hydroxylation sites is 1. The standard InChI is InChI=1S/C19H23N3O/c1-15(2)19(16-10-6-4-7-11-16)21-20-18(23)14-22(3)17-12-8-5-9-13-17/h4-13,15H,14H2,1-3H3,(H,20,23)/b21-19-. The molecule has 0 aromatic heterocycles. The third kappa shape index (κ3) is 4.95. The van der Waals surface area contributed by atoms with Crippen LogP contribution in [0.1, 0.15) is 19.4 Å². The predicted molar refractivity (Wildman–Crippen MR) is 95.7 cm³/mol. The molecule has 0 saturated heterocycles. The van der Waals surface area contributed by atoms with E-state index in [4.69, 9.17) is 0 Å². The van der Waals surface area contributed by atoms with Gasteiger partial charge in [0.2, 0.25) is 0 Å². The lowest BCUT2D eigenvalue weighted by Crippen LogP contribution is -2.33. The zero-order valence-corrected chi connectivity index (χ0v) is 13.9. The third-order valence-corrected chi connectivity index (χ3v) is 3.50. The van der Waals surface area contributed by atoms with E-state index in [1.54, 1.807) is 0 Å². The molecule has 0 radical (unpaired) electrons. The molecule has 0 saturated carbocycles. The molecule has 23 heavy (non-hydrogen) atoms. The fraction of sp³-hybridized carbons (Fsp3) is 0.263. The second-order valence-electron chi connectivity index (χ2n) is 5.74. The lowest BCUT2D eigenvalue weighted by atomic mass is 10.0. The van der Waals surface area contributed by atoms with Crippen LogP contribution in [0.4, 0.5) is 5.69 Å². The Bertz CT molecular complexity index is 651. The summed E-state index contributed by atoms with van der Waals surface area (Å²) < 4.78 is 0. The summed E-state index contributed by atoms with van der Waals surface area (Å²) in [6.45, 7) is 4.38. The fourth-order valence-electron chi connectivity index (χ4n) is 2.28. The van der Waals surface area contributed by atoms with Gasteiger partial charge in [-0.25, -0.2) is 5.43 Å². The smallest absolute Gasteiger partial charge is 0.259 e. The number of amides is 1. The summed E-state index contributed by atoms with van der Waals surface area (Å²) in [4.78, 5) is 14.0. The largest absolute Gasteiger partial charge is 0.365 e. The van der Waals surface area contributed by atoms with Crippen molar-refractivity contribution in [2.24, 2.45) is 11.0 Å². The van der Waals surface area contributed by atoms with Crippen LogP contribution in [0.3, 0.4) is 0 Å². The molecule has 0 fully saturated rings. The van der Waals surface area contributed by atoms with Crippen molar-refractivity contribution in [2.45, 2.75) is 13.8 Å². The predicted octanol–water partition coefficient (Wildman–Crippen LogP) is 3.30. The number of hydrogen-bond acceptors (Lipinski definition) is 3. The Hall–Kier alpha value is -2.62. The van der Waals surface area contributed by atoms with Crippen molar-refractivity contribution >= 4 is 17.3 Å². The molecule has 2 aromatic rings. The van der Waals surface area contributed by atoms with Crippen molar-refractivity contribution in [1.82, 2.24) is 5.43 Å². The summed E-state index contributed by atoms with van der Waals surface area (Å²) in [5, 5.41) is 4.33. The van der Waals surface area contributed by atoms with Gasteiger partial charge in [0.25, 0.3) is 5.91 Å². The summed E-state index contributed by atoms with van der Waals surface area (Å²) in [7, 11) is 1.89. The monoisotopic (exact) mass is 309 g/mol. The molecule has 1 N–H and O–H groups in total. The lowest BCUT2D eigenvalue weighted by molar-refractivity contribution is -0.119. The van der Waals surface area contributed by atoms with Crippen LogP contribution in [0.25, 0.3) is 0 Å². The van der Waals surface area contributed by atoms with E-state index in [9.17, 15) is 4.79 Å². The van der Waals surface area contributed by atoms with Crippen LogP contribution in [0, 0.1) is 5.92 Å². The fourth-order valence-corrected chi connectivity index (χ4v) is 2.28. The van der Waals surface area contributed by atoms with Crippen molar-refractivity contribution in [3.8, 4) is 0 Å². The van der Waals surface area contributed by atoms with E-state index in [-0.39, 0.29) is 18.4 Å². The zero-order valence-electron chi connectivity index (χ0n) is 13.9. The number of nitrogens with zero attached hydrogens (tertiary/aromatic N) is 2. The first-order valence-corrected chi connectivity index (χ1v) is 7.76. The van der Waals surface area contributed by atoms with Gasteiger partial charge in [0.15, 0.2) is 0 Å². The van der Waals surface area contributed by atoms with E-state index in [0.717, 1.165) is 17.0 Å². The maximum Gasteiger partial charge on any atom is 0.259 e. The highest BCUT2D eigenvalue weighted by Gasteiger charge is 2.10. The molecule has 0 spiro atoms. The minimum atomic E-state index is -0.134. The van der Waals surface area contributed by atoms with Crippen LogP contribution in [-0.2, 0) is 4.79 Å². The van der Waals surface area contributed by atoms with Crippen LogP contribution < -0.4 is 10.3 Å². The second-order valence-corrected chi connectivity index (χ2v) is 5.74. The Morgan fingerprint density at radius 3 is 2.17 bits per heavy atom. The summed E-state index contributed by atoms with van der Waals surface area (Å²) in [5.74, 6) is 0.0926. The molecule has 0 heterocycles. The maximum atomic E-state index is 12.1. The van der Waals surface area contributed by atoms with Crippen molar-refractivity contribution in [3.63, 3.8) is 0 Å². The molecule has 0 atom stereocenters. The first-order valence-electron chi connectivity index (χ1n) is 7.76. The van der Waals surface area contributed by atoms with Gasteiger partial charge in [0.1, 0.15) is 0 Å². The highest BCUT2D eigenvalue weighted by Crippen LogP contribution is 2.11. The minimum absolute atomic E-state index is 0.134. The van der Waals surface area contributed by atoms with E-state index in [1.807, 2.05) is 72.6 Å². The van der Waals surface area contributed by atoms with Gasteiger partial charge in [0.05, 0.1) is 12.3 Å². The number of anilines is 1. The average Bonchev–Trinajstić information content (AvgIpc) is 2.56. The Morgan fingerprint density at radius 2 is 1.61 bits per heavy atom. The normalized spacial score (nSPS) is 11.4. The summed E-state index contributed by atoms with van der Waals surface area (Å²) in [5.41, 5.74) is 5.57. The summed E-state index contributed by atoms with van der Waals surface area (Å²) in [6, 6.07) is 19.7. The highest BCUT2D eigenvalue weighted by molar-refractivity contribution is 6.02. The summed E-state index contributed by atoms with van der Waals surface area (Å²) in [6.07, 6.45) is 0. The first kappa shape index (κ1) is 16.7. The Balaban J connectivity index is 2.01. The molecule has 120 valence electrons. The molecule has 0 aliphatic heterocycles. The van der Waals surface area contributed by atoms with Gasteiger partial charge in [0, 0.05) is 12.7 Å². The molecule has 4 nitrogen and oxygen atoms in total. The van der Waals surface area contributed by atoms with E-state index < -0.39 is 0 Å². The van der Waals surface area contributed by atoms with Gasteiger partial charge in [-0.2, -0.15) is 5.10 Å². The number of rotatable bonds is 6. The number of carbonyl (C=O) groups is 1. The number of nitrogens with one attached hydrogen (secondary N) is 1. The van der Waals surface area contributed by atoms with Crippen molar-refractivity contribution in [3.05, 3.63) is 66.2 Å². The number of hydrogen-bond donors (Lipinski definition) is 1.